The molecule has 0 saturated carbocycles. The van der Waals surface area contributed by atoms with Gasteiger partial charge in [0.2, 0.25) is 5.91 Å². The molecule has 0 aliphatic rings. The maximum Gasteiger partial charge on any atom is 0.234 e. The number of benzene rings is 2. The Kier molecular flexibility index (Phi) is 4.91. The molecule has 2 aromatic rings. The summed E-state index contributed by atoms with van der Waals surface area (Å²) in [5.74, 6) is 0.392. The maximum absolute atomic E-state index is 12.1. The van der Waals surface area contributed by atoms with E-state index in [0.29, 0.717) is 5.75 Å². The highest BCUT2D eigenvalue weighted by atomic mass is 32.2. The molecular formula is C17H20N2OS. The number of nitrogen functional groups attached to an aromatic ring is 1. The summed E-state index contributed by atoms with van der Waals surface area (Å²) in [4.78, 5) is 13.1. The van der Waals surface area contributed by atoms with Crippen LogP contribution in [0.1, 0.15) is 16.7 Å². The third-order valence-corrected chi connectivity index (χ3v) is 4.20. The molecule has 0 aliphatic heterocycles. The Morgan fingerprint density at radius 3 is 2.24 bits per heavy atom. The van der Waals surface area contributed by atoms with Gasteiger partial charge >= 0.3 is 0 Å². The van der Waals surface area contributed by atoms with Crippen LogP contribution in [0.4, 0.5) is 11.4 Å². The van der Waals surface area contributed by atoms with Crippen molar-refractivity contribution in [3.05, 3.63) is 53.1 Å². The zero-order chi connectivity index (χ0) is 15.4. The van der Waals surface area contributed by atoms with E-state index >= 15 is 0 Å². The van der Waals surface area contributed by atoms with Crippen molar-refractivity contribution in [2.24, 2.45) is 0 Å². The van der Waals surface area contributed by atoms with E-state index in [1.165, 1.54) is 17.3 Å². The number of nitrogens with two attached hydrogens (primary N) is 1. The fourth-order valence-electron chi connectivity index (χ4n) is 2.27. The molecule has 0 saturated heterocycles. The van der Waals surface area contributed by atoms with Crippen LogP contribution < -0.4 is 11.1 Å². The molecule has 1 amide bonds. The van der Waals surface area contributed by atoms with Gasteiger partial charge in [-0.25, -0.2) is 0 Å². The molecule has 3 nitrogen and oxygen atoms in total. The van der Waals surface area contributed by atoms with Gasteiger partial charge in [0, 0.05) is 16.3 Å². The van der Waals surface area contributed by atoms with Gasteiger partial charge in [0.1, 0.15) is 0 Å². The van der Waals surface area contributed by atoms with Crippen LogP contribution in [0.2, 0.25) is 0 Å². The SMILES string of the molecule is Cc1cc(C)c(NC(=O)CSc2ccc(N)cc2)c(C)c1. The van der Waals surface area contributed by atoms with Gasteiger partial charge in [0.25, 0.3) is 0 Å². The van der Waals surface area contributed by atoms with Crippen LogP contribution in [-0.2, 0) is 4.79 Å². The van der Waals surface area contributed by atoms with Crippen molar-refractivity contribution >= 4 is 29.0 Å². The zero-order valence-corrected chi connectivity index (χ0v) is 13.4. The summed E-state index contributed by atoms with van der Waals surface area (Å²) in [6, 6.07) is 11.7. The second kappa shape index (κ2) is 6.68. The van der Waals surface area contributed by atoms with Gasteiger partial charge < -0.3 is 11.1 Å². The number of aryl methyl sites for hydroxylation is 3. The quantitative estimate of drug-likeness (QED) is 0.664. The number of anilines is 2. The molecule has 0 radical (unpaired) electrons. The Hall–Kier alpha value is -1.94. The summed E-state index contributed by atoms with van der Waals surface area (Å²) >= 11 is 1.50. The van der Waals surface area contributed by atoms with E-state index in [0.717, 1.165) is 27.4 Å². The normalized spacial score (nSPS) is 10.4. The number of nitrogens with one attached hydrogen (secondary N) is 1. The van der Waals surface area contributed by atoms with E-state index in [1.807, 2.05) is 38.1 Å². The molecule has 0 aliphatic carbocycles. The summed E-state index contributed by atoms with van der Waals surface area (Å²) in [5.41, 5.74) is 10.7. The lowest BCUT2D eigenvalue weighted by atomic mass is 10.1. The van der Waals surface area contributed by atoms with Crippen molar-refractivity contribution in [3.63, 3.8) is 0 Å². The average Bonchev–Trinajstić information content (AvgIpc) is 2.42. The van der Waals surface area contributed by atoms with Gasteiger partial charge in [-0.2, -0.15) is 0 Å². The van der Waals surface area contributed by atoms with Crippen molar-refractivity contribution in [1.82, 2.24) is 0 Å². The number of carbonyl (C=O) groups excluding carboxylic acids is 1. The molecule has 0 heterocycles. The lowest BCUT2D eigenvalue weighted by Crippen LogP contribution is -2.15. The van der Waals surface area contributed by atoms with Crippen molar-refractivity contribution < 1.29 is 4.79 Å². The van der Waals surface area contributed by atoms with Crippen LogP contribution >= 0.6 is 11.8 Å². The first kappa shape index (κ1) is 15.4. The van der Waals surface area contributed by atoms with E-state index in [1.54, 1.807) is 0 Å². The molecule has 110 valence electrons. The fraction of sp³-hybridized carbons (Fsp3) is 0.235. The zero-order valence-electron chi connectivity index (χ0n) is 12.6. The predicted octanol–water partition coefficient (Wildman–Crippen LogP) is 3.92. The fourth-order valence-corrected chi connectivity index (χ4v) is 2.96. The van der Waals surface area contributed by atoms with Crippen LogP contribution in [0, 0.1) is 20.8 Å². The molecular weight excluding hydrogens is 280 g/mol. The molecule has 3 N–H and O–H groups in total. The molecule has 0 spiro atoms. The Morgan fingerprint density at radius 2 is 1.67 bits per heavy atom. The van der Waals surface area contributed by atoms with E-state index in [9.17, 15) is 4.79 Å². The van der Waals surface area contributed by atoms with E-state index in [-0.39, 0.29) is 5.91 Å². The van der Waals surface area contributed by atoms with E-state index in [2.05, 4.69) is 24.4 Å². The van der Waals surface area contributed by atoms with Gasteiger partial charge in [0.15, 0.2) is 0 Å². The van der Waals surface area contributed by atoms with Crippen LogP contribution in [0.15, 0.2) is 41.3 Å². The van der Waals surface area contributed by atoms with Gasteiger partial charge in [0.05, 0.1) is 5.75 Å². The Labute approximate surface area is 129 Å². The minimum absolute atomic E-state index is 0.00637. The van der Waals surface area contributed by atoms with Crippen LogP contribution in [0.5, 0.6) is 0 Å². The molecule has 0 fully saturated rings. The van der Waals surface area contributed by atoms with Crippen LogP contribution in [0.3, 0.4) is 0 Å². The molecule has 2 aromatic carbocycles. The first-order chi connectivity index (χ1) is 9.95. The molecule has 2 rings (SSSR count). The highest BCUT2D eigenvalue weighted by Crippen LogP contribution is 2.23. The first-order valence-corrected chi connectivity index (χ1v) is 7.80. The van der Waals surface area contributed by atoms with Gasteiger partial charge in [-0.3, -0.25) is 4.79 Å². The summed E-state index contributed by atoms with van der Waals surface area (Å²) in [6.07, 6.45) is 0. The minimum Gasteiger partial charge on any atom is -0.399 e. The standard InChI is InChI=1S/C17H20N2OS/c1-11-8-12(2)17(13(3)9-11)19-16(20)10-21-15-6-4-14(18)5-7-15/h4-9H,10,18H2,1-3H3,(H,19,20). The Morgan fingerprint density at radius 1 is 1.10 bits per heavy atom. The second-order valence-corrected chi connectivity index (χ2v) is 6.23. The van der Waals surface area contributed by atoms with Crippen molar-refractivity contribution in [3.8, 4) is 0 Å². The summed E-state index contributed by atoms with van der Waals surface area (Å²) < 4.78 is 0. The van der Waals surface area contributed by atoms with Crippen molar-refractivity contribution in [2.75, 3.05) is 16.8 Å². The van der Waals surface area contributed by atoms with E-state index < -0.39 is 0 Å². The molecule has 4 heteroatoms. The number of carbonyl (C=O) groups is 1. The highest BCUT2D eigenvalue weighted by molar-refractivity contribution is 8.00. The number of hydrogen-bond acceptors (Lipinski definition) is 3. The lowest BCUT2D eigenvalue weighted by molar-refractivity contribution is -0.113. The lowest BCUT2D eigenvalue weighted by Gasteiger charge is -2.12. The molecule has 0 bridgehead atoms. The van der Waals surface area contributed by atoms with Crippen molar-refractivity contribution in [2.45, 2.75) is 25.7 Å². The smallest absolute Gasteiger partial charge is 0.234 e. The van der Waals surface area contributed by atoms with Crippen molar-refractivity contribution in [1.29, 1.82) is 0 Å². The Bertz CT molecular complexity index is 627. The van der Waals surface area contributed by atoms with Crippen LogP contribution in [-0.4, -0.2) is 11.7 Å². The summed E-state index contributed by atoms with van der Waals surface area (Å²) in [5, 5.41) is 3.00. The second-order valence-electron chi connectivity index (χ2n) is 5.18. The number of amides is 1. The van der Waals surface area contributed by atoms with Gasteiger partial charge in [-0.1, -0.05) is 17.7 Å². The summed E-state index contributed by atoms with van der Waals surface area (Å²) in [6.45, 7) is 6.09. The van der Waals surface area contributed by atoms with Gasteiger partial charge in [-0.05, 0) is 56.2 Å². The monoisotopic (exact) mass is 300 g/mol. The minimum atomic E-state index is 0.00637. The first-order valence-electron chi connectivity index (χ1n) is 6.82. The van der Waals surface area contributed by atoms with Crippen LogP contribution in [0.25, 0.3) is 0 Å². The largest absolute Gasteiger partial charge is 0.399 e. The third-order valence-electron chi connectivity index (χ3n) is 3.19. The Balaban J connectivity index is 1.97. The number of rotatable bonds is 4. The summed E-state index contributed by atoms with van der Waals surface area (Å²) in [7, 11) is 0. The predicted molar refractivity (Wildman–Crippen MR) is 90.9 cm³/mol. The maximum atomic E-state index is 12.1. The molecule has 0 atom stereocenters. The molecule has 0 unspecified atom stereocenters. The number of hydrogen-bond donors (Lipinski definition) is 2. The highest BCUT2D eigenvalue weighted by Gasteiger charge is 2.08. The third kappa shape index (κ3) is 4.26. The topological polar surface area (TPSA) is 55.1 Å². The molecule has 21 heavy (non-hydrogen) atoms. The number of thioether (sulfide) groups is 1. The average molecular weight is 300 g/mol. The van der Waals surface area contributed by atoms with E-state index in [4.69, 9.17) is 5.73 Å². The molecule has 0 aromatic heterocycles. The van der Waals surface area contributed by atoms with Gasteiger partial charge in [-0.15, -0.1) is 11.8 Å².